The van der Waals surface area contributed by atoms with Gasteiger partial charge in [0.15, 0.2) is 0 Å². The Morgan fingerprint density at radius 2 is 1.12 bits per heavy atom. The summed E-state index contributed by atoms with van der Waals surface area (Å²) in [4.78, 5) is 11.1. The van der Waals surface area contributed by atoms with E-state index in [1.54, 1.807) is 6.92 Å². The fourth-order valence-electron chi connectivity index (χ4n) is 1.89. The van der Waals surface area contributed by atoms with Gasteiger partial charge in [0.05, 0.1) is 46.2 Å². The number of unbranched alkanes of at least 4 members (excludes halogenated alkanes) is 4. The Labute approximate surface area is 152 Å². The van der Waals surface area contributed by atoms with E-state index >= 15 is 0 Å². The van der Waals surface area contributed by atoms with Crippen LogP contribution in [0, 0.1) is 0 Å². The molecular weight excluding hydrogens is 324 g/mol. The minimum atomic E-state index is -0.391. The maximum absolute atomic E-state index is 11.1. The topological polar surface area (TPSA) is 63.2 Å². The number of esters is 1. The van der Waals surface area contributed by atoms with Gasteiger partial charge in [0.2, 0.25) is 0 Å². The van der Waals surface area contributed by atoms with Crippen molar-refractivity contribution in [2.45, 2.75) is 46.0 Å². The maximum Gasteiger partial charge on any atom is 0.333 e. The third-order valence-electron chi connectivity index (χ3n) is 3.32. The minimum absolute atomic E-state index is 0.230. The van der Waals surface area contributed by atoms with E-state index in [0.717, 1.165) is 13.0 Å². The van der Waals surface area contributed by atoms with Gasteiger partial charge in [-0.25, -0.2) is 4.79 Å². The molecule has 148 valence electrons. The second-order valence-corrected chi connectivity index (χ2v) is 5.78. The van der Waals surface area contributed by atoms with E-state index in [2.05, 4.69) is 13.5 Å². The number of hydrogen-bond donors (Lipinski definition) is 0. The van der Waals surface area contributed by atoms with Crippen molar-refractivity contribution in [1.29, 1.82) is 0 Å². The van der Waals surface area contributed by atoms with Crippen LogP contribution in [0.5, 0.6) is 0 Å². The molecule has 0 unspecified atom stereocenters. The lowest BCUT2D eigenvalue weighted by atomic mass is 10.2. The summed E-state index contributed by atoms with van der Waals surface area (Å²) in [5.41, 5.74) is 0.390. The van der Waals surface area contributed by atoms with Crippen LogP contribution in [0.3, 0.4) is 0 Å². The molecule has 0 spiro atoms. The zero-order chi connectivity index (χ0) is 18.6. The molecule has 0 aromatic carbocycles. The molecule has 0 aromatic rings. The molecule has 0 rings (SSSR count). The summed E-state index contributed by atoms with van der Waals surface area (Å²) in [6.07, 6.45) is 6.28. The summed E-state index contributed by atoms with van der Waals surface area (Å²) < 4.78 is 26.5. The van der Waals surface area contributed by atoms with Crippen molar-refractivity contribution in [1.82, 2.24) is 0 Å². The van der Waals surface area contributed by atoms with Gasteiger partial charge in [0, 0.05) is 12.2 Å². The van der Waals surface area contributed by atoms with Gasteiger partial charge in [-0.2, -0.15) is 0 Å². The van der Waals surface area contributed by atoms with Crippen molar-refractivity contribution in [2.75, 3.05) is 59.5 Å². The minimum Gasteiger partial charge on any atom is -0.460 e. The van der Waals surface area contributed by atoms with Crippen LogP contribution in [0.2, 0.25) is 0 Å². The molecule has 25 heavy (non-hydrogen) atoms. The van der Waals surface area contributed by atoms with Crippen molar-refractivity contribution >= 4 is 5.97 Å². The highest BCUT2D eigenvalue weighted by Gasteiger charge is 2.01. The van der Waals surface area contributed by atoms with Gasteiger partial charge in [-0.05, 0) is 13.3 Å². The Morgan fingerprint density at radius 3 is 1.60 bits per heavy atom. The number of hydrogen-bond acceptors (Lipinski definition) is 6. The first kappa shape index (κ1) is 24.1. The van der Waals surface area contributed by atoms with E-state index in [1.807, 2.05) is 0 Å². The first-order valence-electron chi connectivity index (χ1n) is 9.32. The molecule has 6 heteroatoms. The van der Waals surface area contributed by atoms with Gasteiger partial charge < -0.3 is 23.7 Å². The first-order chi connectivity index (χ1) is 12.2. The fourth-order valence-corrected chi connectivity index (χ4v) is 1.89. The van der Waals surface area contributed by atoms with E-state index in [9.17, 15) is 4.79 Å². The summed E-state index contributed by atoms with van der Waals surface area (Å²) in [6.45, 7) is 12.0. The highest BCUT2D eigenvalue weighted by Crippen LogP contribution is 2.02. The van der Waals surface area contributed by atoms with Gasteiger partial charge in [0.1, 0.15) is 6.61 Å². The van der Waals surface area contributed by atoms with Crippen LogP contribution in [0.1, 0.15) is 46.0 Å². The normalized spacial score (nSPS) is 10.8. The van der Waals surface area contributed by atoms with Crippen LogP contribution in [-0.2, 0) is 28.5 Å². The number of ether oxygens (including phenoxy) is 5. The average molecular weight is 360 g/mol. The molecule has 0 aliphatic rings. The fraction of sp³-hybridized carbons (Fsp3) is 0.842. The van der Waals surface area contributed by atoms with Crippen LogP contribution in [0.15, 0.2) is 12.2 Å². The van der Waals surface area contributed by atoms with E-state index in [0.29, 0.717) is 51.8 Å². The molecule has 0 fully saturated rings. The molecule has 0 heterocycles. The van der Waals surface area contributed by atoms with Crippen LogP contribution < -0.4 is 0 Å². The largest absolute Gasteiger partial charge is 0.460 e. The van der Waals surface area contributed by atoms with E-state index in [1.165, 1.54) is 25.7 Å². The maximum atomic E-state index is 11.1. The summed E-state index contributed by atoms with van der Waals surface area (Å²) in [7, 11) is 0. The summed E-state index contributed by atoms with van der Waals surface area (Å²) in [5, 5.41) is 0. The standard InChI is InChI=1S/C19H36O6/c1-4-5-6-7-8-9-21-10-11-22-12-13-23-14-15-24-16-17-25-19(20)18(2)3/h2,4-17H2,1,3H3. The summed E-state index contributed by atoms with van der Waals surface area (Å²) >= 11 is 0. The lowest BCUT2D eigenvalue weighted by Crippen LogP contribution is -2.14. The summed E-state index contributed by atoms with van der Waals surface area (Å²) in [6, 6.07) is 0. The third-order valence-corrected chi connectivity index (χ3v) is 3.32. The second-order valence-electron chi connectivity index (χ2n) is 5.78. The van der Waals surface area contributed by atoms with E-state index in [-0.39, 0.29) is 6.61 Å². The molecule has 6 nitrogen and oxygen atoms in total. The molecular formula is C19H36O6. The molecule has 0 aliphatic carbocycles. The molecule has 0 aromatic heterocycles. The SMILES string of the molecule is C=C(C)C(=O)OCCOCCOCCOCCOCCCCCCC. The zero-order valence-corrected chi connectivity index (χ0v) is 16.1. The van der Waals surface area contributed by atoms with Crippen LogP contribution in [0.25, 0.3) is 0 Å². The van der Waals surface area contributed by atoms with Gasteiger partial charge in [-0.1, -0.05) is 39.2 Å². The first-order valence-corrected chi connectivity index (χ1v) is 9.32. The van der Waals surface area contributed by atoms with Crippen LogP contribution in [-0.4, -0.2) is 65.4 Å². The predicted octanol–water partition coefficient (Wildman–Crippen LogP) is 3.14. The lowest BCUT2D eigenvalue weighted by Gasteiger charge is -2.08. The van der Waals surface area contributed by atoms with Crippen molar-refractivity contribution in [2.24, 2.45) is 0 Å². The van der Waals surface area contributed by atoms with Crippen LogP contribution >= 0.6 is 0 Å². The lowest BCUT2D eigenvalue weighted by molar-refractivity contribution is -0.140. The van der Waals surface area contributed by atoms with Gasteiger partial charge in [0.25, 0.3) is 0 Å². The predicted molar refractivity (Wildman–Crippen MR) is 97.8 cm³/mol. The summed E-state index contributed by atoms with van der Waals surface area (Å²) in [5.74, 6) is -0.391. The molecule has 0 radical (unpaired) electrons. The number of rotatable bonds is 19. The van der Waals surface area contributed by atoms with Crippen molar-refractivity contribution in [3.63, 3.8) is 0 Å². The Hall–Kier alpha value is -0.950. The molecule has 0 amide bonds. The molecule has 0 saturated carbocycles. The van der Waals surface area contributed by atoms with Gasteiger partial charge >= 0.3 is 5.97 Å². The number of carbonyl (C=O) groups is 1. The van der Waals surface area contributed by atoms with Crippen molar-refractivity contribution in [3.8, 4) is 0 Å². The molecule has 0 N–H and O–H groups in total. The Kier molecular flexibility index (Phi) is 18.6. The molecule has 0 bridgehead atoms. The van der Waals surface area contributed by atoms with Gasteiger partial charge in [-0.3, -0.25) is 0 Å². The Morgan fingerprint density at radius 1 is 0.680 bits per heavy atom. The van der Waals surface area contributed by atoms with Crippen LogP contribution in [0.4, 0.5) is 0 Å². The van der Waals surface area contributed by atoms with Crippen molar-refractivity contribution < 1.29 is 28.5 Å². The number of carbonyl (C=O) groups excluding carboxylic acids is 1. The van der Waals surface area contributed by atoms with E-state index in [4.69, 9.17) is 23.7 Å². The quantitative estimate of drug-likeness (QED) is 0.200. The Bertz CT molecular complexity index is 319. The third kappa shape index (κ3) is 19.2. The second kappa shape index (κ2) is 19.4. The molecule has 0 saturated heterocycles. The monoisotopic (exact) mass is 360 g/mol. The molecule has 0 atom stereocenters. The average Bonchev–Trinajstić information content (AvgIpc) is 2.60. The zero-order valence-electron chi connectivity index (χ0n) is 16.1. The Balaban J connectivity index is 3.05. The molecule has 0 aliphatic heterocycles. The van der Waals surface area contributed by atoms with Gasteiger partial charge in [-0.15, -0.1) is 0 Å². The smallest absolute Gasteiger partial charge is 0.333 e. The highest BCUT2D eigenvalue weighted by molar-refractivity contribution is 5.86. The van der Waals surface area contributed by atoms with Crippen molar-refractivity contribution in [3.05, 3.63) is 12.2 Å². The highest BCUT2D eigenvalue weighted by atomic mass is 16.6. The van der Waals surface area contributed by atoms with E-state index < -0.39 is 5.97 Å².